The van der Waals surface area contributed by atoms with Gasteiger partial charge in [0.2, 0.25) is 0 Å². The summed E-state index contributed by atoms with van der Waals surface area (Å²) in [6, 6.07) is 0. The maximum absolute atomic E-state index is 9.12. The van der Waals surface area contributed by atoms with Gasteiger partial charge in [0.15, 0.2) is 0 Å². The summed E-state index contributed by atoms with van der Waals surface area (Å²) in [5, 5.41) is 9.12. The first-order valence-electron chi connectivity index (χ1n) is 20.4. The summed E-state index contributed by atoms with van der Waals surface area (Å²) in [7, 11) is 5.05. The Bertz CT molecular complexity index is 705. The van der Waals surface area contributed by atoms with Crippen molar-refractivity contribution in [2.45, 2.75) is 210 Å². The maximum Gasteiger partial charge on any atom is 0.146 e. The van der Waals surface area contributed by atoms with E-state index in [2.05, 4.69) is 6.92 Å². The summed E-state index contributed by atoms with van der Waals surface area (Å²) in [6.45, 7) is 3.47. The molecule has 2 aliphatic heterocycles. The third kappa shape index (κ3) is 21.1. The Morgan fingerprint density at radius 1 is 0.490 bits per heavy atom. The highest BCUT2D eigenvalue weighted by molar-refractivity contribution is 4.90. The molecule has 2 heterocycles. The van der Waals surface area contributed by atoms with Crippen molar-refractivity contribution in [3.05, 3.63) is 0 Å². The molecule has 0 saturated carbocycles. The number of hydrogen-bond acceptors (Lipinski definition) is 9. The summed E-state index contributed by atoms with van der Waals surface area (Å²) in [5.74, 6) is 0. The molecule has 0 aromatic rings. The van der Waals surface area contributed by atoms with E-state index in [4.69, 9.17) is 43.0 Å². The van der Waals surface area contributed by atoms with Crippen LogP contribution in [0.1, 0.15) is 167 Å². The molecule has 2 saturated heterocycles. The number of rotatable bonds is 35. The van der Waals surface area contributed by atoms with E-state index in [1.54, 1.807) is 21.3 Å². The zero-order chi connectivity index (χ0) is 35.2. The Morgan fingerprint density at radius 3 is 1.31 bits per heavy atom. The van der Waals surface area contributed by atoms with Crippen LogP contribution in [0, 0.1) is 0 Å². The summed E-state index contributed by atoms with van der Waals surface area (Å²) in [4.78, 5) is 0. The van der Waals surface area contributed by atoms with Gasteiger partial charge < -0.3 is 43.0 Å². The molecule has 9 nitrogen and oxygen atoms in total. The van der Waals surface area contributed by atoms with Crippen LogP contribution >= 0.6 is 0 Å². The number of ether oxygens (including phenoxy) is 8. The van der Waals surface area contributed by atoms with Gasteiger partial charge in [-0.25, -0.2) is 0 Å². The van der Waals surface area contributed by atoms with Crippen molar-refractivity contribution in [2.75, 3.05) is 48.3 Å². The Morgan fingerprint density at radius 2 is 0.878 bits per heavy atom. The molecule has 292 valence electrons. The van der Waals surface area contributed by atoms with Gasteiger partial charge >= 0.3 is 0 Å². The average molecular weight is 703 g/mol. The number of unbranched alkanes of at least 4 members (excludes halogenated alkanes) is 14. The zero-order valence-corrected chi connectivity index (χ0v) is 32.3. The van der Waals surface area contributed by atoms with Gasteiger partial charge in [-0.3, -0.25) is 0 Å². The van der Waals surface area contributed by atoms with Crippen LogP contribution in [-0.2, 0) is 37.9 Å². The van der Waals surface area contributed by atoms with Crippen molar-refractivity contribution in [3.63, 3.8) is 0 Å². The normalized spacial score (nSPS) is 23.0. The van der Waals surface area contributed by atoms with Gasteiger partial charge in [0, 0.05) is 27.9 Å². The number of aliphatic hydroxyl groups is 1. The summed E-state index contributed by atoms with van der Waals surface area (Å²) >= 11 is 0. The molecule has 0 aromatic carbocycles. The number of methoxy groups -OCH3 is 3. The molecule has 9 heteroatoms. The minimum absolute atomic E-state index is 0.0704. The van der Waals surface area contributed by atoms with E-state index >= 15 is 0 Å². The Balaban J connectivity index is 1.64. The van der Waals surface area contributed by atoms with E-state index in [0.29, 0.717) is 20.4 Å². The van der Waals surface area contributed by atoms with Gasteiger partial charge in [-0.05, 0) is 57.8 Å². The SMILES string of the molecule is CCCCCCCCCC[C@@H](OCOC)[C@H]1CC[C@H]([C@H]2CC[C@H]([C@H](CCCCCCCCCC[C@H](CCCO)OCOC)OCOC)O2)O1. The largest absolute Gasteiger partial charge is 0.396 e. The zero-order valence-electron chi connectivity index (χ0n) is 32.3. The molecule has 0 aromatic heterocycles. The highest BCUT2D eigenvalue weighted by Crippen LogP contribution is 2.36. The highest BCUT2D eigenvalue weighted by Gasteiger charge is 2.41. The summed E-state index contributed by atoms with van der Waals surface area (Å²) < 4.78 is 47.0. The van der Waals surface area contributed by atoms with Gasteiger partial charge in [-0.2, -0.15) is 0 Å². The second-order valence-corrected chi connectivity index (χ2v) is 14.5. The van der Waals surface area contributed by atoms with E-state index in [1.807, 2.05) is 0 Å². The molecule has 7 atom stereocenters. The first kappa shape index (κ1) is 44.8. The monoisotopic (exact) mass is 703 g/mol. The lowest BCUT2D eigenvalue weighted by Crippen LogP contribution is -2.35. The van der Waals surface area contributed by atoms with Crippen molar-refractivity contribution in [3.8, 4) is 0 Å². The molecule has 2 fully saturated rings. The molecule has 49 heavy (non-hydrogen) atoms. The lowest BCUT2D eigenvalue weighted by molar-refractivity contribution is -0.158. The van der Waals surface area contributed by atoms with E-state index in [1.165, 1.54) is 96.3 Å². The van der Waals surface area contributed by atoms with Crippen LogP contribution < -0.4 is 0 Å². The molecule has 0 unspecified atom stereocenters. The Hall–Kier alpha value is -0.360. The molecule has 0 amide bonds. The van der Waals surface area contributed by atoms with Gasteiger partial charge in [-0.15, -0.1) is 0 Å². The highest BCUT2D eigenvalue weighted by atomic mass is 16.7. The average Bonchev–Trinajstić information content (AvgIpc) is 3.81. The Kier molecular flexibility index (Phi) is 28.5. The fourth-order valence-electron chi connectivity index (χ4n) is 7.59. The number of aliphatic hydroxyl groups excluding tert-OH is 1. The smallest absolute Gasteiger partial charge is 0.146 e. The molecule has 2 rings (SSSR count). The summed E-state index contributed by atoms with van der Waals surface area (Å²) in [6.07, 6.45) is 30.2. The second kappa shape index (κ2) is 31.2. The minimum atomic E-state index is 0.0704. The van der Waals surface area contributed by atoms with Gasteiger partial charge in [0.1, 0.15) is 20.4 Å². The van der Waals surface area contributed by atoms with E-state index < -0.39 is 0 Å². The first-order valence-corrected chi connectivity index (χ1v) is 20.4. The van der Waals surface area contributed by atoms with E-state index in [-0.39, 0.29) is 49.3 Å². The van der Waals surface area contributed by atoms with E-state index in [9.17, 15) is 0 Å². The minimum Gasteiger partial charge on any atom is -0.396 e. The standard InChI is InChI=1S/C40H78O9/c1-5-6-7-8-9-13-16-19-24-35(46-32-43-3)37-26-28-39(48-37)40-29-27-38(49-40)36(47-33-44-4)25-20-17-14-11-10-12-15-18-22-34(23-21-30-41)45-31-42-2/h34-41H,5-33H2,1-4H3/t34-,35-,36+,37-,38-,39-,40-/m1/s1. The van der Waals surface area contributed by atoms with Crippen molar-refractivity contribution in [1.29, 1.82) is 0 Å². The third-order valence-electron chi connectivity index (χ3n) is 10.4. The molecular weight excluding hydrogens is 624 g/mol. The summed E-state index contributed by atoms with van der Waals surface area (Å²) in [5.41, 5.74) is 0. The molecular formula is C40H78O9. The molecule has 0 bridgehead atoms. The van der Waals surface area contributed by atoms with Gasteiger partial charge in [0.05, 0.1) is 42.7 Å². The quantitative estimate of drug-likeness (QED) is 0.0512. The van der Waals surface area contributed by atoms with Gasteiger partial charge in [0.25, 0.3) is 0 Å². The first-order chi connectivity index (χ1) is 24.2. The molecule has 1 N–H and O–H groups in total. The van der Waals surface area contributed by atoms with Crippen LogP contribution in [0.3, 0.4) is 0 Å². The van der Waals surface area contributed by atoms with Crippen LogP contribution in [-0.4, -0.2) is 96.1 Å². The fraction of sp³-hybridized carbons (Fsp3) is 1.00. The van der Waals surface area contributed by atoms with Crippen LogP contribution in [0.4, 0.5) is 0 Å². The number of hydrogen-bond donors (Lipinski definition) is 1. The van der Waals surface area contributed by atoms with Crippen LogP contribution in [0.25, 0.3) is 0 Å². The lowest BCUT2D eigenvalue weighted by Gasteiger charge is -2.27. The van der Waals surface area contributed by atoms with Crippen molar-refractivity contribution >= 4 is 0 Å². The van der Waals surface area contributed by atoms with Crippen molar-refractivity contribution in [2.24, 2.45) is 0 Å². The van der Waals surface area contributed by atoms with Crippen LogP contribution in [0.2, 0.25) is 0 Å². The predicted octanol–water partition coefficient (Wildman–Crippen LogP) is 9.25. The fourth-order valence-corrected chi connectivity index (χ4v) is 7.59. The predicted molar refractivity (Wildman–Crippen MR) is 196 cm³/mol. The third-order valence-corrected chi connectivity index (χ3v) is 10.4. The Labute approximate surface area is 301 Å². The van der Waals surface area contributed by atoms with Crippen molar-refractivity contribution in [1.82, 2.24) is 0 Å². The molecule has 2 aliphatic rings. The van der Waals surface area contributed by atoms with Gasteiger partial charge in [-0.1, -0.05) is 110 Å². The van der Waals surface area contributed by atoms with E-state index in [0.717, 1.165) is 64.2 Å². The molecule has 0 aliphatic carbocycles. The maximum atomic E-state index is 9.12. The van der Waals surface area contributed by atoms with Crippen LogP contribution in [0.15, 0.2) is 0 Å². The van der Waals surface area contributed by atoms with Crippen molar-refractivity contribution < 1.29 is 43.0 Å². The topological polar surface area (TPSA) is 94.1 Å². The second-order valence-electron chi connectivity index (χ2n) is 14.5. The molecule has 0 radical (unpaired) electrons. The van der Waals surface area contributed by atoms with Crippen LogP contribution in [0.5, 0.6) is 0 Å². The lowest BCUT2D eigenvalue weighted by atomic mass is 10.00. The molecule has 0 spiro atoms.